The zero-order valence-electron chi connectivity index (χ0n) is 21.8. The molecule has 3 heterocycles. The van der Waals surface area contributed by atoms with Crippen molar-refractivity contribution in [3.8, 4) is 11.5 Å². The van der Waals surface area contributed by atoms with Crippen LogP contribution in [0.1, 0.15) is 48.1 Å². The molecule has 7 nitrogen and oxygen atoms in total. The number of fused-ring (bicyclic) bond motifs is 1. The molecule has 6 rings (SSSR count). The van der Waals surface area contributed by atoms with E-state index in [4.69, 9.17) is 14.2 Å². The summed E-state index contributed by atoms with van der Waals surface area (Å²) >= 11 is 0. The van der Waals surface area contributed by atoms with Crippen molar-refractivity contribution in [1.29, 1.82) is 0 Å². The van der Waals surface area contributed by atoms with E-state index in [2.05, 4.69) is 0 Å². The van der Waals surface area contributed by atoms with E-state index < -0.39 is 17.7 Å². The number of amides is 1. The van der Waals surface area contributed by atoms with Crippen molar-refractivity contribution in [1.82, 2.24) is 4.90 Å². The van der Waals surface area contributed by atoms with E-state index in [9.17, 15) is 14.7 Å². The maximum atomic E-state index is 13.4. The first-order valence-electron chi connectivity index (χ1n) is 13.4. The first-order valence-corrected chi connectivity index (χ1v) is 13.4. The van der Waals surface area contributed by atoms with Crippen LogP contribution in [0, 0.1) is 0 Å². The third-order valence-electron chi connectivity index (χ3n) is 7.58. The summed E-state index contributed by atoms with van der Waals surface area (Å²) in [4.78, 5) is 28.3. The van der Waals surface area contributed by atoms with Crippen molar-refractivity contribution in [2.24, 2.45) is 0 Å². The molecule has 3 atom stereocenters. The average molecular weight is 526 g/mol. The minimum atomic E-state index is -0.735. The van der Waals surface area contributed by atoms with Crippen molar-refractivity contribution >= 4 is 17.4 Å². The van der Waals surface area contributed by atoms with Crippen molar-refractivity contribution in [3.05, 3.63) is 101 Å². The van der Waals surface area contributed by atoms with Gasteiger partial charge in [-0.15, -0.1) is 0 Å². The first kappa shape index (κ1) is 25.2. The highest BCUT2D eigenvalue weighted by Crippen LogP contribution is 2.41. The lowest BCUT2D eigenvalue weighted by atomic mass is 9.94. The van der Waals surface area contributed by atoms with Gasteiger partial charge in [0.15, 0.2) is 0 Å². The molecule has 3 aromatic carbocycles. The SMILES string of the molecule is C[C@H]1Cc2cc(C(O)=C3C(=O)C(=O)N(C[C@H]4CCCO4)[C@@H]3c3ccc(OCc4ccccc4)cc3)ccc2O1. The molecule has 0 aliphatic carbocycles. The van der Waals surface area contributed by atoms with Crippen LogP contribution in [0.25, 0.3) is 5.76 Å². The molecule has 0 spiro atoms. The summed E-state index contributed by atoms with van der Waals surface area (Å²) < 4.78 is 17.5. The van der Waals surface area contributed by atoms with Crippen molar-refractivity contribution in [2.75, 3.05) is 13.2 Å². The zero-order valence-corrected chi connectivity index (χ0v) is 21.8. The van der Waals surface area contributed by atoms with E-state index in [-0.39, 0.29) is 30.1 Å². The summed E-state index contributed by atoms with van der Waals surface area (Å²) in [5, 5.41) is 11.5. The van der Waals surface area contributed by atoms with Crippen LogP contribution in [-0.2, 0) is 27.4 Å². The Morgan fingerprint density at radius 2 is 1.85 bits per heavy atom. The van der Waals surface area contributed by atoms with E-state index in [0.29, 0.717) is 24.5 Å². The van der Waals surface area contributed by atoms with Gasteiger partial charge < -0.3 is 24.2 Å². The van der Waals surface area contributed by atoms with Crippen LogP contribution in [0.2, 0.25) is 0 Å². The predicted molar refractivity (Wildman–Crippen MR) is 145 cm³/mol. The third-order valence-corrected chi connectivity index (χ3v) is 7.58. The number of ketones is 1. The Bertz CT molecular complexity index is 1410. The number of rotatable bonds is 7. The Kier molecular flexibility index (Phi) is 6.83. The quantitative estimate of drug-likeness (QED) is 0.260. The lowest BCUT2D eigenvalue weighted by molar-refractivity contribution is -0.140. The van der Waals surface area contributed by atoms with Crippen LogP contribution >= 0.6 is 0 Å². The number of hydrogen-bond donors (Lipinski definition) is 1. The van der Waals surface area contributed by atoms with E-state index >= 15 is 0 Å². The molecule has 1 N–H and O–H groups in total. The summed E-state index contributed by atoms with van der Waals surface area (Å²) in [7, 11) is 0. The van der Waals surface area contributed by atoms with Crippen molar-refractivity contribution < 1.29 is 28.9 Å². The van der Waals surface area contributed by atoms with Gasteiger partial charge in [-0.2, -0.15) is 0 Å². The van der Waals surface area contributed by atoms with Gasteiger partial charge in [0.1, 0.15) is 30.0 Å². The number of carbonyl (C=O) groups is 2. The Hall–Kier alpha value is -4.10. The summed E-state index contributed by atoms with van der Waals surface area (Å²) in [6.07, 6.45) is 2.38. The number of aliphatic hydroxyl groups excluding tert-OH is 1. The molecule has 1 amide bonds. The van der Waals surface area contributed by atoms with Gasteiger partial charge in [-0.1, -0.05) is 42.5 Å². The minimum absolute atomic E-state index is 0.0528. The molecule has 0 saturated carbocycles. The molecule has 0 aromatic heterocycles. The highest BCUT2D eigenvalue weighted by Gasteiger charge is 2.47. The van der Waals surface area contributed by atoms with Gasteiger partial charge in [0, 0.05) is 25.1 Å². The second-order valence-electron chi connectivity index (χ2n) is 10.4. The molecular weight excluding hydrogens is 494 g/mol. The summed E-state index contributed by atoms with van der Waals surface area (Å²) in [5.74, 6) is -0.0449. The van der Waals surface area contributed by atoms with Gasteiger partial charge >= 0.3 is 0 Å². The average Bonchev–Trinajstić information content (AvgIpc) is 3.67. The van der Waals surface area contributed by atoms with Crippen LogP contribution in [0.4, 0.5) is 0 Å². The highest BCUT2D eigenvalue weighted by atomic mass is 16.5. The molecule has 0 bridgehead atoms. The van der Waals surface area contributed by atoms with Gasteiger partial charge in [-0.05, 0) is 66.8 Å². The molecular formula is C32H31NO6. The molecule has 7 heteroatoms. The number of hydrogen-bond acceptors (Lipinski definition) is 6. The van der Waals surface area contributed by atoms with Gasteiger partial charge in [0.25, 0.3) is 11.7 Å². The predicted octanol–water partition coefficient (Wildman–Crippen LogP) is 5.19. The highest BCUT2D eigenvalue weighted by molar-refractivity contribution is 6.46. The maximum Gasteiger partial charge on any atom is 0.295 e. The van der Waals surface area contributed by atoms with E-state index in [1.165, 1.54) is 0 Å². The molecule has 200 valence electrons. The van der Waals surface area contributed by atoms with Gasteiger partial charge in [-0.3, -0.25) is 9.59 Å². The second kappa shape index (κ2) is 10.6. The van der Waals surface area contributed by atoms with Crippen molar-refractivity contribution in [3.63, 3.8) is 0 Å². The molecule has 3 aliphatic heterocycles. The lowest BCUT2D eigenvalue weighted by Crippen LogP contribution is -2.36. The van der Waals surface area contributed by atoms with Crippen LogP contribution in [0.5, 0.6) is 11.5 Å². The Balaban J connectivity index is 1.34. The standard InChI is InChI=1S/C32H31NO6/c1-20-16-24-17-23(11-14-27(24)39-20)30(34)28-29(33(32(36)31(28)35)18-26-8-5-15-37-26)22-9-12-25(13-10-22)38-19-21-6-3-2-4-7-21/h2-4,6-7,9-14,17,20,26,29,34H,5,8,15-16,18-19H2,1H3/t20-,26+,29+/m0/s1. The number of ether oxygens (including phenoxy) is 3. The molecule has 2 saturated heterocycles. The number of nitrogens with zero attached hydrogens (tertiary/aromatic N) is 1. The maximum absolute atomic E-state index is 13.4. The molecule has 0 unspecified atom stereocenters. The van der Waals surface area contributed by atoms with Gasteiger partial charge in [-0.25, -0.2) is 0 Å². The summed E-state index contributed by atoms with van der Waals surface area (Å²) in [6, 6.07) is 21.9. The van der Waals surface area contributed by atoms with Crippen LogP contribution in [-0.4, -0.2) is 47.1 Å². The fraction of sp³-hybridized carbons (Fsp3) is 0.312. The van der Waals surface area contributed by atoms with E-state index in [1.807, 2.05) is 73.7 Å². The first-order chi connectivity index (χ1) is 19.0. The molecule has 3 aromatic rings. The largest absolute Gasteiger partial charge is 0.507 e. The monoisotopic (exact) mass is 525 g/mol. The number of likely N-dealkylation sites (tertiary alicyclic amines) is 1. The fourth-order valence-corrected chi connectivity index (χ4v) is 5.63. The molecule has 0 radical (unpaired) electrons. The van der Waals surface area contributed by atoms with Gasteiger partial charge in [0.05, 0.1) is 17.7 Å². The zero-order chi connectivity index (χ0) is 26.9. The number of aliphatic hydroxyl groups is 1. The smallest absolute Gasteiger partial charge is 0.295 e. The lowest BCUT2D eigenvalue weighted by Gasteiger charge is -2.27. The second-order valence-corrected chi connectivity index (χ2v) is 10.4. The van der Waals surface area contributed by atoms with Gasteiger partial charge in [0.2, 0.25) is 0 Å². The van der Waals surface area contributed by atoms with E-state index in [0.717, 1.165) is 41.7 Å². The summed E-state index contributed by atoms with van der Waals surface area (Å²) in [5.41, 5.74) is 3.33. The Morgan fingerprint density at radius 3 is 2.59 bits per heavy atom. The van der Waals surface area contributed by atoms with Crippen LogP contribution in [0.3, 0.4) is 0 Å². The molecule has 39 heavy (non-hydrogen) atoms. The Labute approximate surface area is 227 Å². The molecule has 3 aliphatic rings. The molecule has 2 fully saturated rings. The van der Waals surface area contributed by atoms with Crippen LogP contribution in [0.15, 0.2) is 78.4 Å². The van der Waals surface area contributed by atoms with E-state index in [1.54, 1.807) is 11.0 Å². The fourth-order valence-electron chi connectivity index (χ4n) is 5.63. The number of carbonyl (C=O) groups excluding carboxylic acids is 2. The van der Waals surface area contributed by atoms with Crippen molar-refractivity contribution in [2.45, 2.75) is 51.0 Å². The third kappa shape index (κ3) is 5.02. The van der Waals surface area contributed by atoms with Crippen LogP contribution < -0.4 is 9.47 Å². The number of Topliss-reactive ketones (excluding diaryl/α,β-unsaturated/α-hetero) is 1. The normalized spacial score (nSPS) is 23.6. The number of benzene rings is 3. The summed E-state index contributed by atoms with van der Waals surface area (Å²) in [6.45, 7) is 3.35. The minimum Gasteiger partial charge on any atom is -0.507 e. The Morgan fingerprint density at radius 1 is 1.05 bits per heavy atom. The topological polar surface area (TPSA) is 85.3 Å².